The zero-order valence-electron chi connectivity index (χ0n) is 8.79. The molecule has 3 atom stereocenters. The Morgan fingerprint density at radius 1 is 1.62 bits per heavy atom. The smallest absolute Gasteiger partial charge is 0.338 e. The minimum atomic E-state index is -0.331. The summed E-state index contributed by atoms with van der Waals surface area (Å²) in [7, 11) is 0. The van der Waals surface area contributed by atoms with Gasteiger partial charge in [0.2, 0.25) is 0 Å². The Morgan fingerprint density at radius 2 is 2.23 bits per heavy atom. The Balaban J connectivity index is 2.47. The second-order valence-electron chi connectivity index (χ2n) is 3.74. The molecule has 0 amide bonds. The number of hydrogen-bond donors (Lipinski definition) is 0. The highest BCUT2D eigenvalue weighted by atomic mass is 16.7. The van der Waals surface area contributed by atoms with E-state index >= 15 is 0 Å². The number of esters is 1. The van der Waals surface area contributed by atoms with E-state index < -0.39 is 0 Å². The summed E-state index contributed by atoms with van der Waals surface area (Å²) in [5.74, 6) is 0.187. The molecule has 13 heavy (non-hydrogen) atoms. The summed E-state index contributed by atoms with van der Waals surface area (Å²) in [6.07, 6.45) is 0.689. The van der Waals surface area contributed by atoms with Gasteiger partial charge in [0.1, 0.15) is 5.60 Å². The molecule has 1 rings (SSSR count). The monoisotopic (exact) mass is 186 g/mol. The Hall–Kier alpha value is -0.570. The first kappa shape index (κ1) is 10.5. The summed E-state index contributed by atoms with van der Waals surface area (Å²) in [5, 5.41) is 0. The van der Waals surface area contributed by atoms with Gasteiger partial charge in [0.15, 0.2) is 6.10 Å². The Labute approximate surface area is 79.4 Å². The molecule has 1 saturated heterocycles. The maximum Gasteiger partial charge on any atom is 0.338 e. The highest BCUT2D eigenvalue weighted by Gasteiger charge is 2.60. The van der Waals surface area contributed by atoms with Gasteiger partial charge in [-0.3, -0.25) is 0 Å². The number of carbonyl (C=O) groups excluding carboxylic acids is 1. The lowest BCUT2D eigenvalue weighted by molar-refractivity contribution is -0.144. The molecule has 0 bridgehead atoms. The summed E-state index contributed by atoms with van der Waals surface area (Å²) in [6, 6.07) is 0. The molecule has 0 aromatic heterocycles. The molecule has 0 aromatic carbocycles. The van der Waals surface area contributed by atoms with Crippen LogP contribution in [0.1, 0.15) is 34.1 Å². The van der Waals surface area contributed by atoms with Gasteiger partial charge in [-0.05, 0) is 19.8 Å². The first-order valence-electron chi connectivity index (χ1n) is 4.90. The second-order valence-corrected chi connectivity index (χ2v) is 3.74. The molecule has 76 valence electrons. The maximum atomic E-state index is 11.3. The van der Waals surface area contributed by atoms with E-state index in [0.29, 0.717) is 12.5 Å². The molecule has 0 aliphatic carbocycles. The van der Waals surface area contributed by atoms with Crippen LogP contribution in [0.5, 0.6) is 0 Å². The standard InChI is InChI=1S/C10H18O3/c1-5-7(3)10(4)8(13-10)9(11)12-6-2/h7-8H,5-6H2,1-4H3. The van der Waals surface area contributed by atoms with E-state index in [-0.39, 0.29) is 17.7 Å². The summed E-state index contributed by atoms with van der Waals surface area (Å²) < 4.78 is 10.3. The van der Waals surface area contributed by atoms with Gasteiger partial charge in [0.25, 0.3) is 0 Å². The van der Waals surface area contributed by atoms with Crippen molar-refractivity contribution < 1.29 is 14.3 Å². The Morgan fingerprint density at radius 3 is 2.69 bits per heavy atom. The fraction of sp³-hybridized carbons (Fsp3) is 0.900. The highest BCUT2D eigenvalue weighted by molar-refractivity contribution is 5.79. The largest absolute Gasteiger partial charge is 0.464 e. The molecular weight excluding hydrogens is 168 g/mol. The van der Waals surface area contributed by atoms with Crippen LogP contribution in [0, 0.1) is 5.92 Å². The molecule has 1 fully saturated rings. The van der Waals surface area contributed by atoms with Gasteiger partial charge >= 0.3 is 5.97 Å². The lowest BCUT2D eigenvalue weighted by atomic mass is 9.90. The normalized spacial score (nSPS) is 34.0. The average Bonchev–Trinajstić information content (AvgIpc) is 2.79. The van der Waals surface area contributed by atoms with Crippen LogP contribution in [0.4, 0.5) is 0 Å². The van der Waals surface area contributed by atoms with E-state index in [0.717, 1.165) is 6.42 Å². The lowest BCUT2D eigenvalue weighted by Gasteiger charge is -2.13. The van der Waals surface area contributed by atoms with Crippen LogP contribution in [0.15, 0.2) is 0 Å². The molecule has 3 heteroatoms. The second kappa shape index (κ2) is 3.66. The van der Waals surface area contributed by atoms with Crippen molar-refractivity contribution in [2.75, 3.05) is 6.61 Å². The van der Waals surface area contributed by atoms with E-state index in [2.05, 4.69) is 13.8 Å². The van der Waals surface area contributed by atoms with Gasteiger partial charge in [0.05, 0.1) is 6.61 Å². The molecule has 0 saturated carbocycles. The van der Waals surface area contributed by atoms with Crippen LogP contribution in [0.2, 0.25) is 0 Å². The predicted molar refractivity (Wildman–Crippen MR) is 49.4 cm³/mol. The van der Waals surface area contributed by atoms with Gasteiger partial charge < -0.3 is 9.47 Å². The zero-order valence-corrected chi connectivity index (χ0v) is 8.79. The SMILES string of the molecule is CCOC(=O)C1OC1(C)C(C)CC. The van der Waals surface area contributed by atoms with Crippen LogP contribution >= 0.6 is 0 Å². The van der Waals surface area contributed by atoms with Crippen molar-refractivity contribution in [3.8, 4) is 0 Å². The van der Waals surface area contributed by atoms with Crippen molar-refractivity contribution in [1.82, 2.24) is 0 Å². The summed E-state index contributed by atoms with van der Waals surface area (Å²) in [6.45, 7) is 8.40. The lowest BCUT2D eigenvalue weighted by Crippen LogP contribution is -2.25. The first-order chi connectivity index (χ1) is 6.06. The number of hydrogen-bond acceptors (Lipinski definition) is 3. The summed E-state index contributed by atoms with van der Waals surface area (Å²) in [5.41, 5.74) is -0.277. The highest BCUT2D eigenvalue weighted by Crippen LogP contribution is 2.44. The molecule has 1 aliphatic rings. The van der Waals surface area contributed by atoms with Crippen LogP contribution in [-0.4, -0.2) is 24.3 Å². The fourth-order valence-electron chi connectivity index (χ4n) is 1.50. The maximum absolute atomic E-state index is 11.3. The predicted octanol–water partition coefficient (Wildman–Crippen LogP) is 1.75. The van der Waals surface area contributed by atoms with Crippen molar-refractivity contribution >= 4 is 5.97 Å². The number of rotatable bonds is 4. The van der Waals surface area contributed by atoms with E-state index in [1.165, 1.54) is 0 Å². The zero-order chi connectivity index (χ0) is 10.1. The minimum Gasteiger partial charge on any atom is -0.464 e. The molecule has 3 nitrogen and oxygen atoms in total. The Kier molecular flexibility index (Phi) is 2.96. The van der Waals surface area contributed by atoms with Gasteiger partial charge in [-0.1, -0.05) is 20.3 Å². The molecule has 1 aliphatic heterocycles. The third-order valence-electron chi connectivity index (χ3n) is 2.93. The van der Waals surface area contributed by atoms with Crippen molar-refractivity contribution in [2.24, 2.45) is 5.92 Å². The molecule has 1 heterocycles. The topological polar surface area (TPSA) is 38.8 Å². The fourth-order valence-corrected chi connectivity index (χ4v) is 1.50. The Bertz CT molecular complexity index is 202. The van der Waals surface area contributed by atoms with Crippen molar-refractivity contribution in [3.63, 3.8) is 0 Å². The number of ether oxygens (including phenoxy) is 2. The van der Waals surface area contributed by atoms with Crippen LogP contribution in [0.3, 0.4) is 0 Å². The molecule has 0 aromatic rings. The van der Waals surface area contributed by atoms with E-state index in [1.807, 2.05) is 6.92 Å². The summed E-state index contributed by atoms with van der Waals surface area (Å²) >= 11 is 0. The van der Waals surface area contributed by atoms with E-state index in [9.17, 15) is 4.79 Å². The number of carbonyl (C=O) groups is 1. The molecule has 3 unspecified atom stereocenters. The summed E-state index contributed by atoms with van der Waals surface area (Å²) in [4.78, 5) is 11.3. The van der Waals surface area contributed by atoms with E-state index in [4.69, 9.17) is 9.47 Å². The average molecular weight is 186 g/mol. The minimum absolute atomic E-state index is 0.217. The molecular formula is C10H18O3. The quantitative estimate of drug-likeness (QED) is 0.496. The van der Waals surface area contributed by atoms with Crippen molar-refractivity contribution in [1.29, 1.82) is 0 Å². The van der Waals surface area contributed by atoms with Crippen LogP contribution in [0.25, 0.3) is 0 Å². The van der Waals surface area contributed by atoms with Gasteiger partial charge in [-0.15, -0.1) is 0 Å². The number of epoxide rings is 1. The molecule has 0 N–H and O–H groups in total. The third-order valence-corrected chi connectivity index (χ3v) is 2.93. The van der Waals surface area contributed by atoms with E-state index in [1.54, 1.807) is 6.92 Å². The first-order valence-corrected chi connectivity index (χ1v) is 4.90. The third kappa shape index (κ3) is 1.85. The van der Waals surface area contributed by atoms with Gasteiger partial charge in [-0.25, -0.2) is 4.79 Å². The van der Waals surface area contributed by atoms with Crippen LogP contribution in [-0.2, 0) is 14.3 Å². The molecule has 0 spiro atoms. The van der Waals surface area contributed by atoms with Crippen molar-refractivity contribution in [3.05, 3.63) is 0 Å². The van der Waals surface area contributed by atoms with Crippen molar-refractivity contribution in [2.45, 2.75) is 45.8 Å². The van der Waals surface area contributed by atoms with Crippen LogP contribution < -0.4 is 0 Å². The molecule has 0 radical (unpaired) electrons. The van der Waals surface area contributed by atoms with Gasteiger partial charge in [0, 0.05) is 0 Å². The van der Waals surface area contributed by atoms with Gasteiger partial charge in [-0.2, -0.15) is 0 Å².